The summed E-state index contributed by atoms with van der Waals surface area (Å²) in [5.74, 6) is 0. The van der Waals surface area contributed by atoms with Gasteiger partial charge < -0.3 is 0 Å². The van der Waals surface area contributed by atoms with E-state index in [1.165, 1.54) is 5.56 Å². The van der Waals surface area contributed by atoms with Gasteiger partial charge in [-0.1, -0.05) is 47.2 Å². The lowest BCUT2D eigenvalue weighted by Gasteiger charge is -2.10. The van der Waals surface area contributed by atoms with E-state index in [1.807, 2.05) is 47.4 Å². The zero-order chi connectivity index (χ0) is 12.6. The van der Waals surface area contributed by atoms with E-state index in [0.29, 0.717) is 0 Å². The molecule has 0 radical (unpaired) electrons. The maximum Gasteiger partial charge on any atom is 0.199 e. The molecule has 1 aromatic carbocycles. The van der Waals surface area contributed by atoms with Gasteiger partial charge in [0.25, 0.3) is 0 Å². The number of benzene rings is 1. The van der Waals surface area contributed by atoms with Crippen LogP contribution < -0.4 is 10.1 Å². The van der Waals surface area contributed by atoms with Gasteiger partial charge in [-0.25, -0.2) is 0 Å². The van der Waals surface area contributed by atoms with E-state index >= 15 is 0 Å². The van der Waals surface area contributed by atoms with Crippen molar-refractivity contribution in [2.75, 3.05) is 5.43 Å². The molecule has 0 aliphatic heterocycles. The molecule has 0 spiro atoms. The van der Waals surface area contributed by atoms with Gasteiger partial charge in [-0.2, -0.15) is 5.43 Å². The summed E-state index contributed by atoms with van der Waals surface area (Å²) in [6.45, 7) is 3.89. The first-order chi connectivity index (χ1) is 8.88. The van der Waals surface area contributed by atoms with Crippen molar-refractivity contribution in [1.82, 2.24) is 0 Å². The SMILES string of the molecule is C=C[C@H](CCc1ccccc1)N[n+]1ccccc1. The first kappa shape index (κ1) is 12.4. The highest BCUT2D eigenvalue weighted by Crippen LogP contribution is 2.05. The fraction of sp³-hybridized carbons (Fsp3) is 0.188. The van der Waals surface area contributed by atoms with Gasteiger partial charge in [-0.3, -0.25) is 0 Å². The Labute approximate surface area is 109 Å². The minimum Gasteiger partial charge on any atom is -0.186 e. The maximum absolute atomic E-state index is 3.89. The molecule has 18 heavy (non-hydrogen) atoms. The number of hydrogen-bond donors (Lipinski definition) is 1. The smallest absolute Gasteiger partial charge is 0.186 e. The highest BCUT2D eigenvalue weighted by molar-refractivity contribution is 5.15. The number of nitrogens with one attached hydrogen (secondary N) is 1. The highest BCUT2D eigenvalue weighted by atomic mass is 15.4. The summed E-state index contributed by atoms with van der Waals surface area (Å²) in [4.78, 5) is 0. The molecule has 1 N–H and O–H groups in total. The van der Waals surface area contributed by atoms with Gasteiger partial charge in [0.05, 0.1) is 6.04 Å². The Hall–Kier alpha value is -2.09. The molecule has 0 saturated heterocycles. The van der Waals surface area contributed by atoms with Crippen molar-refractivity contribution >= 4 is 0 Å². The second kappa shape index (κ2) is 6.60. The number of pyridine rings is 1. The average Bonchev–Trinajstić information content (AvgIpc) is 2.45. The fourth-order valence-corrected chi connectivity index (χ4v) is 1.88. The minimum atomic E-state index is 0.276. The van der Waals surface area contributed by atoms with E-state index in [0.717, 1.165) is 12.8 Å². The number of rotatable bonds is 6. The van der Waals surface area contributed by atoms with Crippen molar-refractivity contribution in [3.05, 3.63) is 79.1 Å². The minimum absolute atomic E-state index is 0.276. The molecular weight excluding hydrogens is 220 g/mol. The summed E-state index contributed by atoms with van der Waals surface area (Å²) in [6, 6.07) is 16.8. The Balaban J connectivity index is 1.88. The molecule has 0 amide bonds. The standard InChI is InChI=1S/C16H19N2/c1-2-16(17-18-13-7-4-8-14-18)12-11-15-9-5-3-6-10-15/h2-10,13-14,16-17H,1,11-12H2/q+1/t16-/m1/s1. The summed E-state index contributed by atoms with van der Waals surface area (Å²) in [6.07, 6.45) is 8.05. The Kier molecular flexibility index (Phi) is 4.53. The molecule has 0 saturated carbocycles. The summed E-state index contributed by atoms with van der Waals surface area (Å²) < 4.78 is 1.97. The van der Waals surface area contributed by atoms with E-state index in [1.54, 1.807) is 0 Å². The van der Waals surface area contributed by atoms with E-state index in [4.69, 9.17) is 0 Å². The van der Waals surface area contributed by atoms with Crippen LogP contribution >= 0.6 is 0 Å². The van der Waals surface area contributed by atoms with Crippen LogP contribution in [0.5, 0.6) is 0 Å². The lowest BCUT2D eigenvalue weighted by atomic mass is 10.1. The van der Waals surface area contributed by atoms with Crippen LogP contribution in [0.25, 0.3) is 0 Å². The third-order valence-corrected chi connectivity index (χ3v) is 2.90. The molecule has 0 unspecified atom stereocenters. The summed E-state index contributed by atoms with van der Waals surface area (Å²) in [5, 5.41) is 0. The van der Waals surface area contributed by atoms with Gasteiger partial charge >= 0.3 is 0 Å². The predicted octanol–water partition coefficient (Wildman–Crippen LogP) is 2.71. The Morgan fingerprint density at radius 3 is 2.39 bits per heavy atom. The number of aryl methyl sites for hydroxylation is 1. The molecule has 0 bridgehead atoms. The van der Waals surface area contributed by atoms with Gasteiger partial charge in [-0.05, 0) is 18.4 Å². The van der Waals surface area contributed by atoms with Crippen molar-refractivity contribution in [3.8, 4) is 0 Å². The second-order valence-corrected chi connectivity index (χ2v) is 4.28. The highest BCUT2D eigenvalue weighted by Gasteiger charge is 2.08. The van der Waals surface area contributed by atoms with Crippen LogP contribution in [0.15, 0.2) is 73.6 Å². The largest absolute Gasteiger partial charge is 0.199 e. The molecule has 1 heterocycles. The Morgan fingerprint density at radius 2 is 1.72 bits per heavy atom. The van der Waals surface area contributed by atoms with Crippen molar-refractivity contribution in [2.45, 2.75) is 18.9 Å². The van der Waals surface area contributed by atoms with Crippen molar-refractivity contribution < 1.29 is 4.68 Å². The molecule has 2 rings (SSSR count). The van der Waals surface area contributed by atoms with E-state index < -0.39 is 0 Å². The van der Waals surface area contributed by atoms with E-state index in [-0.39, 0.29) is 6.04 Å². The van der Waals surface area contributed by atoms with Crippen LogP contribution in [0.2, 0.25) is 0 Å². The van der Waals surface area contributed by atoms with Crippen LogP contribution in [0.4, 0.5) is 0 Å². The van der Waals surface area contributed by atoms with Crippen LogP contribution in [0, 0.1) is 0 Å². The molecule has 2 nitrogen and oxygen atoms in total. The maximum atomic E-state index is 3.89. The zero-order valence-electron chi connectivity index (χ0n) is 10.5. The van der Waals surface area contributed by atoms with Gasteiger partial charge in [0.2, 0.25) is 0 Å². The third kappa shape index (κ3) is 3.74. The fourth-order valence-electron chi connectivity index (χ4n) is 1.88. The number of nitrogens with zero attached hydrogens (tertiary/aromatic N) is 1. The summed E-state index contributed by atoms with van der Waals surface area (Å²) in [7, 11) is 0. The van der Waals surface area contributed by atoms with Crippen molar-refractivity contribution in [2.24, 2.45) is 0 Å². The molecule has 0 aliphatic carbocycles. The first-order valence-electron chi connectivity index (χ1n) is 6.28. The number of hydrogen-bond acceptors (Lipinski definition) is 1. The topological polar surface area (TPSA) is 15.9 Å². The van der Waals surface area contributed by atoms with E-state index in [9.17, 15) is 0 Å². The zero-order valence-corrected chi connectivity index (χ0v) is 10.5. The number of aromatic nitrogens is 1. The molecule has 2 aromatic rings. The van der Waals surface area contributed by atoms with Gasteiger partial charge in [0, 0.05) is 12.1 Å². The van der Waals surface area contributed by atoms with E-state index in [2.05, 4.69) is 36.3 Å². The van der Waals surface area contributed by atoms with Crippen molar-refractivity contribution in [1.29, 1.82) is 0 Å². The average molecular weight is 239 g/mol. The van der Waals surface area contributed by atoms with Crippen LogP contribution in [0.1, 0.15) is 12.0 Å². The third-order valence-electron chi connectivity index (χ3n) is 2.90. The quantitative estimate of drug-likeness (QED) is 0.605. The predicted molar refractivity (Wildman–Crippen MR) is 74.7 cm³/mol. The van der Waals surface area contributed by atoms with Gasteiger partial charge in [0.15, 0.2) is 12.4 Å². The Bertz CT molecular complexity index is 465. The Morgan fingerprint density at radius 1 is 1.06 bits per heavy atom. The summed E-state index contributed by atoms with van der Waals surface area (Å²) in [5.41, 5.74) is 4.76. The first-order valence-corrected chi connectivity index (χ1v) is 6.28. The lowest BCUT2D eigenvalue weighted by molar-refractivity contribution is -0.652. The van der Waals surface area contributed by atoms with Crippen LogP contribution in [-0.4, -0.2) is 6.04 Å². The normalized spacial score (nSPS) is 11.8. The molecule has 2 heteroatoms. The van der Waals surface area contributed by atoms with Crippen molar-refractivity contribution in [3.63, 3.8) is 0 Å². The second-order valence-electron chi connectivity index (χ2n) is 4.28. The molecule has 92 valence electrons. The van der Waals surface area contributed by atoms with Crippen LogP contribution in [-0.2, 0) is 6.42 Å². The molecule has 0 fully saturated rings. The van der Waals surface area contributed by atoms with Gasteiger partial charge in [-0.15, -0.1) is 6.58 Å². The molecule has 0 aliphatic rings. The summed E-state index contributed by atoms with van der Waals surface area (Å²) >= 11 is 0. The molecular formula is C16H19N2+. The lowest BCUT2D eigenvalue weighted by Crippen LogP contribution is -2.49. The molecule has 1 atom stereocenters. The molecule has 1 aromatic heterocycles. The van der Waals surface area contributed by atoms with Crippen LogP contribution in [0.3, 0.4) is 0 Å². The monoisotopic (exact) mass is 239 g/mol. The van der Waals surface area contributed by atoms with Gasteiger partial charge in [0.1, 0.15) is 0 Å².